The molecule has 2 heterocycles. The van der Waals surface area contributed by atoms with E-state index in [0.29, 0.717) is 66.1 Å². The summed E-state index contributed by atoms with van der Waals surface area (Å²) in [7, 11) is 0. The average Bonchev–Trinajstić information content (AvgIpc) is 2.51. The van der Waals surface area contributed by atoms with Crippen LogP contribution in [0.2, 0.25) is 0 Å². The van der Waals surface area contributed by atoms with E-state index in [9.17, 15) is 0 Å². The van der Waals surface area contributed by atoms with Crippen LogP contribution in [-0.4, -0.2) is 57.8 Å². The highest BCUT2D eigenvalue weighted by Crippen LogP contribution is 2.03. The molecule has 0 aromatic carbocycles. The van der Waals surface area contributed by atoms with Gasteiger partial charge in [0.25, 0.3) is 0 Å². The third-order valence-corrected chi connectivity index (χ3v) is 2.85. The van der Waals surface area contributed by atoms with Gasteiger partial charge in [0.15, 0.2) is 0 Å². The fourth-order valence-corrected chi connectivity index (χ4v) is 1.82. The van der Waals surface area contributed by atoms with Crippen molar-refractivity contribution in [2.75, 3.05) is 52.9 Å². The molecule has 0 saturated carbocycles. The van der Waals surface area contributed by atoms with E-state index in [0.717, 1.165) is 11.4 Å². The summed E-state index contributed by atoms with van der Waals surface area (Å²) in [4.78, 5) is 4.48. The summed E-state index contributed by atoms with van der Waals surface area (Å²) >= 11 is 0. The number of fused-ring (bicyclic) bond motifs is 2. The molecule has 1 aromatic rings. The first-order chi connectivity index (χ1) is 10.4. The summed E-state index contributed by atoms with van der Waals surface area (Å²) in [6.45, 7) is 5.46. The van der Waals surface area contributed by atoms with Gasteiger partial charge in [0, 0.05) is 0 Å². The molecule has 0 radical (unpaired) electrons. The molecular formula is C15H23NO5. The van der Waals surface area contributed by atoms with Gasteiger partial charge in [-0.15, -0.1) is 0 Å². The van der Waals surface area contributed by atoms with Gasteiger partial charge in [0.05, 0.1) is 77.5 Å². The Morgan fingerprint density at radius 2 is 0.952 bits per heavy atom. The minimum absolute atomic E-state index is 0.483. The van der Waals surface area contributed by atoms with Crippen molar-refractivity contribution < 1.29 is 23.7 Å². The Hall–Kier alpha value is -1.05. The smallest absolute Gasteiger partial charge is 0.0889 e. The van der Waals surface area contributed by atoms with Crippen LogP contribution in [0.1, 0.15) is 11.4 Å². The van der Waals surface area contributed by atoms with Gasteiger partial charge in [0.2, 0.25) is 0 Å². The molecule has 6 nitrogen and oxygen atoms in total. The van der Waals surface area contributed by atoms with E-state index in [1.807, 2.05) is 18.2 Å². The van der Waals surface area contributed by atoms with Crippen LogP contribution in [0.4, 0.5) is 0 Å². The highest BCUT2D eigenvalue weighted by atomic mass is 16.6. The zero-order valence-electron chi connectivity index (χ0n) is 12.3. The minimum Gasteiger partial charge on any atom is -0.377 e. The first kappa shape index (κ1) is 16.3. The normalized spacial score (nSPS) is 20.4. The van der Waals surface area contributed by atoms with Crippen molar-refractivity contribution >= 4 is 0 Å². The number of hydrogen-bond acceptors (Lipinski definition) is 6. The lowest BCUT2D eigenvalue weighted by molar-refractivity contribution is -0.0152. The van der Waals surface area contributed by atoms with Gasteiger partial charge in [-0.25, -0.2) is 0 Å². The van der Waals surface area contributed by atoms with E-state index in [1.165, 1.54) is 0 Å². The number of hydrogen-bond donors (Lipinski definition) is 0. The predicted molar refractivity (Wildman–Crippen MR) is 76.0 cm³/mol. The summed E-state index contributed by atoms with van der Waals surface area (Å²) < 4.78 is 27.2. The molecule has 118 valence electrons. The van der Waals surface area contributed by atoms with Crippen molar-refractivity contribution in [3.05, 3.63) is 29.6 Å². The van der Waals surface area contributed by atoms with Crippen LogP contribution in [0.25, 0.3) is 0 Å². The van der Waals surface area contributed by atoms with Gasteiger partial charge in [-0.3, -0.25) is 4.98 Å². The van der Waals surface area contributed by atoms with E-state index < -0.39 is 0 Å². The predicted octanol–water partition coefficient (Wildman–Crippen LogP) is 1.18. The number of ether oxygens (including phenoxy) is 5. The van der Waals surface area contributed by atoms with Crippen molar-refractivity contribution in [3.63, 3.8) is 0 Å². The van der Waals surface area contributed by atoms with Crippen LogP contribution in [0.3, 0.4) is 0 Å². The lowest BCUT2D eigenvalue weighted by Crippen LogP contribution is -2.14. The Morgan fingerprint density at radius 3 is 1.38 bits per heavy atom. The molecule has 2 rings (SSSR count). The van der Waals surface area contributed by atoms with E-state index in [-0.39, 0.29) is 0 Å². The molecular weight excluding hydrogens is 274 g/mol. The summed E-state index contributed by atoms with van der Waals surface area (Å²) in [5.41, 5.74) is 1.80. The quantitative estimate of drug-likeness (QED) is 0.716. The van der Waals surface area contributed by atoms with Crippen molar-refractivity contribution in [1.82, 2.24) is 4.98 Å². The Kier molecular flexibility index (Phi) is 8.27. The molecule has 0 aliphatic carbocycles. The lowest BCUT2D eigenvalue weighted by Gasteiger charge is -2.09. The maximum absolute atomic E-state index is 5.53. The number of aromatic nitrogens is 1. The summed E-state index contributed by atoms with van der Waals surface area (Å²) in [6, 6.07) is 5.85. The number of pyridine rings is 1. The van der Waals surface area contributed by atoms with Crippen LogP contribution in [0.5, 0.6) is 0 Å². The zero-order valence-corrected chi connectivity index (χ0v) is 12.3. The average molecular weight is 297 g/mol. The molecule has 0 fully saturated rings. The van der Waals surface area contributed by atoms with Crippen molar-refractivity contribution in [2.45, 2.75) is 13.2 Å². The maximum Gasteiger partial charge on any atom is 0.0889 e. The van der Waals surface area contributed by atoms with Gasteiger partial charge in [-0.1, -0.05) is 6.07 Å². The molecule has 2 bridgehead atoms. The summed E-state index contributed by atoms with van der Waals surface area (Å²) in [5, 5.41) is 0. The standard InChI is InChI=1S/C15H23NO5/c1-2-14-12-20-10-8-18-6-4-17-5-7-19-9-11-21-13-15(3-1)16-14/h1-3H,4-13H2. The molecule has 0 N–H and O–H groups in total. The van der Waals surface area contributed by atoms with Crippen LogP contribution in [0, 0.1) is 0 Å². The molecule has 6 heteroatoms. The Morgan fingerprint density at radius 1 is 0.571 bits per heavy atom. The van der Waals surface area contributed by atoms with Gasteiger partial charge in [-0.05, 0) is 12.1 Å². The third-order valence-electron chi connectivity index (χ3n) is 2.85. The zero-order chi connectivity index (χ0) is 14.6. The first-order valence-electron chi connectivity index (χ1n) is 7.29. The third kappa shape index (κ3) is 7.50. The second-order valence-corrected chi connectivity index (χ2v) is 4.56. The second kappa shape index (κ2) is 10.6. The maximum atomic E-state index is 5.53. The molecule has 0 atom stereocenters. The molecule has 0 spiro atoms. The van der Waals surface area contributed by atoms with E-state index >= 15 is 0 Å². The summed E-state index contributed by atoms with van der Waals surface area (Å²) in [6.07, 6.45) is 0. The fraction of sp³-hybridized carbons (Fsp3) is 0.667. The van der Waals surface area contributed by atoms with Crippen molar-refractivity contribution in [3.8, 4) is 0 Å². The largest absolute Gasteiger partial charge is 0.377 e. The van der Waals surface area contributed by atoms with Gasteiger partial charge < -0.3 is 23.7 Å². The first-order valence-corrected chi connectivity index (χ1v) is 7.29. The molecule has 0 amide bonds. The molecule has 0 saturated heterocycles. The Labute approximate surface area is 125 Å². The van der Waals surface area contributed by atoms with E-state index in [2.05, 4.69) is 4.98 Å². The van der Waals surface area contributed by atoms with Crippen LogP contribution in [0.15, 0.2) is 18.2 Å². The topological polar surface area (TPSA) is 59.0 Å². The highest BCUT2D eigenvalue weighted by molar-refractivity contribution is 5.09. The molecule has 1 aliphatic rings. The SMILES string of the molecule is c1cc2nc(c1)COCCOCCOCCOCCOC2. The van der Waals surface area contributed by atoms with Crippen molar-refractivity contribution in [2.24, 2.45) is 0 Å². The van der Waals surface area contributed by atoms with Crippen LogP contribution in [-0.2, 0) is 36.9 Å². The summed E-state index contributed by atoms with van der Waals surface area (Å²) in [5.74, 6) is 0. The number of nitrogens with zero attached hydrogens (tertiary/aromatic N) is 1. The second-order valence-electron chi connectivity index (χ2n) is 4.56. The Bertz CT molecular complexity index is 357. The van der Waals surface area contributed by atoms with Gasteiger partial charge in [-0.2, -0.15) is 0 Å². The number of rotatable bonds is 0. The molecule has 21 heavy (non-hydrogen) atoms. The van der Waals surface area contributed by atoms with Crippen LogP contribution < -0.4 is 0 Å². The van der Waals surface area contributed by atoms with Crippen LogP contribution >= 0.6 is 0 Å². The van der Waals surface area contributed by atoms with E-state index in [1.54, 1.807) is 0 Å². The molecule has 0 unspecified atom stereocenters. The molecule has 1 aliphatic heterocycles. The monoisotopic (exact) mass is 297 g/mol. The van der Waals surface area contributed by atoms with E-state index in [4.69, 9.17) is 23.7 Å². The minimum atomic E-state index is 0.483. The van der Waals surface area contributed by atoms with Gasteiger partial charge >= 0.3 is 0 Å². The lowest BCUT2D eigenvalue weighted by atomic mass is 10.3. The highest BCUT2D eigenvalue weighted by Gasteiger charge is 2.00. The molecule has 1 aromatic heterocycles. The van der Waals surface area contributed by atoms with Gasteiger partial charge in [0.1, 0.15) is 0 Å². The van der Waals surface area contributed by atoms with Crippen molar-refractivity contribution in [1.29, 1.82) is 0 Å². The fourth-order valence-electron chi connectivity index (χ4n) is 1.82. The Balaban J connectivity index is 1.78.